The lowest BCUT2D eigenvalue weighted by atomic mass is 10.2. The standard InChI is InChI=1S/C21H12Cl2F4N2O3/c22-16-10-12(24)2-7-15(16)19(30)29-20(31)28-13-3-5-14(6-4-13)32-18-8-1-11(9-17(18)23)21(25,26)27/h1-10H,(H2,28,29,30,31). The minimum atomic E-state index is -4.53. The Hall–Kier alpha value is -3.30. The van der Waals surface area contributed by atoms with Gasteiger partial charge < -0.3 is 10.1 Å². The molecule has 3 amide bonds. The summed E-state index contributed by atoms with van der Waals surface area (Å²) in [6, 6.07) is 10.7. The summed E-state index contributed by atoms with van der Waals surface area (Å²) in [5.41, 5.74) is -0.705. The van der Waals surface area contributed by atoms with Gasteiger partial charge in [0.2, 0.25) is 0 Å². The Morgan fingerprint density at radius 2 is 1.56 bits per heavy atom. The van der Waals surface area contributed by atoms with E-state index in [0.29, 0.717) is 0 Å². The fourth-order valence-corrected chi connectivity index (χ4v) is 2.97. The molecule has 0 aromatic heterocycles. The molecular formula is C21H12Cl2F4N2O3. The van der Waals surface area contributed by atoms with Crippen LogP contribution in [-0.2, 0) is 6.18 Å². The van der Waals surface area contributed by atoms with E-state index in [9.17, 15) is 27.2 Å². The molecule has 0 aliphatic rings. The number of ether oxygens (including phenoxy) is 1. The van der Waals surface area contributed by atoms with Gasteiger partial charge in [-0.3, -0.25) is 10.1 Å². The largest absolute Gasteiger partial charge is 0.456 e. The number of carbonyl (C=O) groups is 2. The molecule has 0 atom stereocenters. The normalized spacial score (nSPS) is 11.1. The van der Waals surface area contributed by atoms with Crippen LogP contribution in [0.15, 0.2) is 60.7 Å². The van der Waals surface area contributed by atoms with Crippen molar-refractivity contribution < 1.29 is 31.9 Å². The lowest BCUT2D eigenvalue weighted by molar-refractivity contribution is -0.137. The smallest absolute Gasteiger partial charge is 0.416 e. The Kier molecular flexibility index (Phi) is 6.90. The summed E-state index contributed by atoms with van der Waals surface area (Å²) in [4.78, 5) is 24.1. The molecule has 11 heteroatoms. The van der Waals surface area contributed by atoms with Crippen molar-refractivity contribution >= 4 is 40.8 Å². The van der Waals surface area contributed by atoms with Crippen LogP contribution in [0.4, 0.5) is 28.0 Å². The summed E-state index contributed by atoms with van der Waals surface area (Å²) in [5.74, 6) is -1.20. The van der Waals surface area contributed by atoms with E-state index in [4.69, 9.17) is 27.9 Å². The maximum absolute atomic E-state index is 13.1. The first-order valence-corrected chi connectivity index (χ1v) is 9.50. The summed E-state index contributed by atoms with van der Waals surface area (Å²) in [7, 11) is 0. The minimum Gasteiger partial charge on any atom is -0.456 e. The molecule has 0 aliphatic heterocycles. The average molecular weight is 487 g/mol. The summed E-state index contributed by atoms with van der Waals surface area (Å²) >= 11 is 11.6. The van der Waals surface area contributed by atoms with Gasteiger partial charge in [0.25, 0.3) is 5.91 Å². The summed E-state index contributed by atoms with van der Waals surface area (Å²) < 4.78 is 56.6. The molecule has 0 spiro atoms. The second-order valence-electron chi connectivity index (χ2n) is 6.30. The molecule has 0 heterocycles. The monoisotopic (exact) mass is 486 g/mol. The Balaban J connectivity index is 1.61. The van der Waals surface area contributed by atoms with E-state index in [2.05, 4.69) is 5.32 Å². The number of halogens is 6. The van der Waals surface area contributed by atoms with Crippen molar-refractivity contribution in [2.24, 2.45) is 0 Å². The molecule has 3 rings (SSSR count). The summed E-state index contributed by atoms with van der Waals surface area (Å²) in [6.07, 6.45) is -4.53. The number of carbonyl (C=O) groups excluding carboxylic acids is 2. The molecule has 0 radical (unpaired) electrons. The molecule has 0 bridgehead atoms. The van der Waals surface area contributed by atoms with E-state index in [1.807, 2.05) is 5.32 Å². The maximum Gasteiger partial charge on any atom is 0.416 e. The zero-order chi connectivity index (χ0) is 23.5. The molecule has 3 aromatic rings. The van der Waals surface area contributed by atoms with E-state index < -0.39 is 29.5 Å². The van der Waals surface area contributed by atoms with E-state index >= 15 is 0 Å². The first-order valence-electron chi connectivity index (χ1n) is 8.75. The topological polar surface area (TPSA) is 67.4 Å². The number of hydrogen-bond donors (Lipinski definition) is 2. The van der Waals surface area contributed by atoms with Crippen LogP contribution in [0.25, 0.3) is 0 Å². The van der Waals surface area contributed by atoms with Gasteiger partial charge in [-0.2, -0.15) is 13.2 Å². The Morgan fingerprint density at radius 1 is 0.875 bits per heavy atom. The van der Waals surface area contributed by atoms with Gasteiger partial charge >= 0.3 is 12.2 Å². The van der Waals surface area contributed by atoms with Crippen LogP contribution >= 0.6 is 23.2 Å². The van der Waals surface area contributed by atoms with Gasteiger partial charge in [-0.1, -0.05) is 23.2 Å². The second kappa shape index (κ2) is 9.46. The predicted octanol–water partition coefficient (Wildman–Crippen LogP) is 6.91. The number of imide groups is 1. The van der Waals surface area contributed by atoms with Gasteiger partial charge in [0.15, 0.2) is 0 Å². The Morgan fingerprint density at radius 3 is 2.16 bits per heavy atom. The molecule has 0 aliphatic carbocycles. The van der Waals surface area contributed by atoms with Crippen LogP contribution in [0.1, 0.15) is 15.9 Å². The van der Waals surface area contributed by atoms with Gasteiger partial charge in [-0.25, -0.2) is 9.18 Å². The number of anilines is 1. The molecule has 0 fully saturated rings. The first-order chi connectivity index (χ1) is 15.0. The lowest BCUT2D eigenvalue weighted by Crippen LogP contribution is -2.34. The Labute approximate surface area is 188 Å². The molecule has 0 saturated heterocycles. The third-order valence-corrected chi connectivity index (χ3v) is 4.61. The lowest BCUT2D eigenvalue weighted by Gasteiger charge is -2.12. The van der Waals surface area contributed by atoms with Crippen LogP contribution < -0.4 is 15.4 Å². The fraction of sp³-hybridized carbons (Fsp3) is 0.0476. The molecule has 2 N–H and O–H groups in total. The van der Waals surface area contributed by atoms with Crippen molar-refractivity contribution in [1.82, 2.24) is 5.32 Å². The van der Waals surface area contributed by atoms with Gasteiger partial charge in [0.1, 0.15) is 17.3 Å². The number of hydrogen-bond acceptors (Lipinski definition) is 3. The highest BCUT2D eigenvalue weighted by Gasteiger charge is 2.31. The highest BCUT2D eigenvalue weighted by Crippen LogP contribution is 2.36. The van der Waals surface area contributed by atoms with Crippen molar-refractivity contribution in [3.63, 3.8) is 0 Å². The van der Waals surface area contributed by atoms with E-state index in [-0.39, 0.29) is 32.8 Å². The van der Waals surface area contributed by atoms with Crippen molar-refractivity contribution in [2.75, 3.05) is 5.32 Å². The quantitative estimate of drug-likeness (QED) is 0.394. The highest BCUT2D eigenvalue weighted by molar-refractivity contribution is 6.34. The number of nitrogens with one attached hydrogen (secondary N) is 2. The van der Waals surface area contributed by atoms with Crippen LogP contribution in [0.3, 0.4) is 0 Å². The van der Waals surface area contributed by atoms with Crippen LogP contribution in [-0.4, -0.2) is 11.9 Å². The first kappa shape index (κ1) is 23.4. The van der Waals surface area contributed by atoms with E-state index in [1.54, 1.807) is 0 Å². The zero-order valence-corrected chi connectivity index (χ0v) is 17.3. The third-order valence-electron chi connectivity index (χ3n) is 4.00. The summed E-state index contributed by atoms with van der Waals surface area (Å²) in [6.45, 7) is 0. The SMILES string of the molecule is O=C(NC(=O)c1ccc(F)cc1Cl)Nc1ccc(Oc2ccc(C(F)(F)F)cc2Cl)cc1. The van der Waals surface area contributed by atoms with Gasteiger partial charge in [-0.05, 0) is 60.7 Å². The molecule has 5 nitrogen and oxygen atoms in total. The molecule has 166 valence electrons. The van der Waals surface area contributed by atoms with Crippen LogP contribution in [0.2, 0.25) is 10.0 Å². The van der Waals surface area contributed by atoms with Gasteiger partial charge in [-0.15, -0.1) is 0 Å². The van der Waals surface area contributed by atoms with Crippen molar-refractivity contribution in [1.29, 1.82) is 0 Å². The number of amides is 3. The average Bonchev–Trinajstić information content (AvgIpc) is 2.70. The van der Waals surface area contributed by atoms with E-state index in [1.165, 1.54) is 24.3 Å². The molecule has 0 unspecified atom stereocenters. The highest BCUT2D eigenvalue weighted by atomic mass is 35.5. The second-order valence-corrected chi connectivity index (χ2v) is 7.12. The zero-order valence-electron chi connectivity index (χ0n) is 15.8. The molecule has 0 saturated carbocycles. The fourth-order valence-electron chi connectivity index (χ4n) is 2.50. The van der Waals surface area contributed by atoms with E-state index in [0.717, 1.165) is 36.4 Å². The third kappa shape index (κ3) is 5.89. The number of benzene rings is 3. The van der Waals surface area contributed by atoms with Crippen molar-refractivity contribution in [3.05, 3.63) is 87.7 Å². The van der Waals surface area contributed by atoms with Crippen LogP contribution in [0, 0.1) is 5.82 Å². The number of alkyl halides is 3. The number of urea groups is 1. The van der Waals surface area contributed by atoms with Gasteiger partial charge in [0.05, 0.1) is 21.2 Å². The molecule has 3 aromatic carbocycles. The number of rotatable bonds is 4. The Bertz CT molecular complexity index is 1170. The van der Waals surface area contributed by atoms with Crippen molar-refractivity contribution in [2.45, 2.75) is 6.18 Å². The summed E-state index contributed by atoms with van der Waals surface area (Å²) in [5, 5.41) is 4.08. The predicted molar refractivity (Wildman–Crippen MR) is 111 cm³/mol. The van der Waals surface area contributed by atoms with Gasteiger partial charge in [0, 0.05) is 5.69 Å². The van der Waals surface area contributed by atoms with Crippen molar-refractivity contribution in [3.8, 4) is 11.5 Å². The molecular weight excluding hydrogens is 475 g/mol. The molecule has 32 heavy (non-hydrogen) atoms. The maximum atomic E-state index is 13.1. The van der Waals surface area contributed by atoms with Crippen LogP contribution in [0.5, 0.6) is 11.5 Å². The minimum absolute atomic E-state index is 0.0138.